The number of pyridine rings is 1. The summed E-state index contributed by atoms with van der Waals surface area (Å²) in [6.45, 7) is 0. The van der Waals surface area contributed by atoms with Crippen molar-refractivity contribution in [3.05, 3.63) is 24.4 Å². The summed E-state index contributed by atoms with van der Waals surface area (Å²) in [5, 5.41) is 7.75. The molecular formula is C5H8N3O. The molecule has 0 saturated heterocycles. The Labute approximate surface area is 53.1 Å². The molecule has 0 aliphatic heterocycles. The predicted octanol–water partition coefficient (Wildman–Crippen LogP) is -0.0456. The molecule has 0 spiro atoms. The van der Waals surface area contributed by atoms with E-state index in [0.29, 0.717) is 5.82 Å². The topological polar surface area (TPSA) is 84.8 Å². The molecular weight excluding hydrogens is 118 g/mol. The van der Waals surface area contributed by atoms with Gasteiger partial charge in [-0.25, -0.2) is 4.98 Å². The molecule has 0 aliphatic rings. The molecule has 4 nitrogen and oxygen atoms in total. The van der Waals surface area contributed by atoms with Crippen molar-refractivity contribution in [2.45, 2.75) is 0 Å². The number of anilines is 1. The molecule has 0 aromatic carbocycles. The van der Waals surface area contributed by atoms with E-state index in [-0.39, 0.29) is 0 Å². The summed E-state index contributed by atoms with van der Waals surface area (Å²) in [5.41, 5.74) is 5.25. The zero-order valence-corrected chi connectivity index (χ0v) is 4.82. The smallest absolute Gasteiger partial charge is 0.123 e. The minimum absolute atomic E-state index is 0.572. The van der Waals surface area contributed by atoms with Crippen molar-refractivity contribution in [1.29, 1.82) is 0 Å². The largest absolute Gasteiger partial charge is 0.384 e. The molecule has 1 radical (unpaired) electrons. The van der Waals surface area contributed by atoms with Gasteiger partial charge in [0.2, 0.25) is 0 Å². The Morgan fingerprint density at radius 3 is 2.22 bits per heavy atom. The number of nitrogens with zero attached hydrogens (tertiary/aromatic N) is 1. The third kappa shape index (κ3) is 3.45. The van der Waals surface area contributed by atoms with Crippen molar-refractivity contribution in [1.82, 2.24) is 4.98 Å². The van der Waals surface area contributed by atoms with Crippen molar-refractivity contribution < 1.29 is 5.21 Å². The zero-order valence-electron chi connectivity index (χ0n) is 4.82. The van der Waals surface area contributed by atoms with Gasteiger partial charge in [0.1, 0.15) is 5.82 Å². The van der Waals surface area contributed by atoms with Crippen LogP contribution in [0.25, 0.3) is 0 Å². The van der Waals surface area contributed by atoms with Crippen molar-refractivity contribution >= 4 is 5.82 Å². The monoisotopic (exact) mass is 126 g/mol. The maximum Gasteiger partial charge on any atom is 0.123 e. The van der Waals surface area contributed by atoms with Crippen LogP contribution < -0.4 is 11.6 Å². The quantitative estimate of drug-likeness (QED) is 0.478. The highest BCUT2D eigenvalue weighted by atomic mass is 16.4. The standard InChI is InChI=1S/C5H6N2.H2NO/c6-5-3-1-2-4-7-5;1-2/h1-4H,(H2,6,7);1H2. The van der Waals surface area contributed by atoms with Gasteiger partial charge in [-0.15, -0.1) is 5.21 Å². The summed E-state index contributed by atoms with van der Waals surface area (Å²) >= 11 is 0. The van der Waals surface area contributed by atoms with Gasteiger partial charge in [-0.3, -0.25) is 0 Å². The van der Waals surface area contributed by atoms with Crippen LogP contribution in [0, 0.1) is 0 Å². The minimum Gasteiger partial charge on any atom is -0.384 e. The van der Waals surface area contributed by atoms with Gasteiger partial charge in [-0.05, 0) is 12.1 Å². The van der Waals surface area contributed by atoms with E-state index in [0.717, 1.165) is 0 Å². The van der Waals surface area contributed by atoms with Crippen molar-refractivity contribution in [3.8, 4) is 0 Å². The SMILES string of the molecule is N[O].Nc1ccccn1. The molecule has 1 heterocycles. The fourth-order valence-electron chi connectivity index (χ4n) is 0.376. The second-order valence-electron chi connectivity index (χ2n) is 1.25. The number of hydrogen-bond donors (Lipinski definition) is 2. The van der Waals surface area contributed by atoms with Gasteiger partial charge in [-0.2, -0.15) is 5.90 Å². The van der Waals surface area contributed by atoms with Crippen molar-refractivity contribution in [3.63, 3.8) is 0 Å². The Kier molecular flexibility index (Phi) is 4.39. The molecule has 0 bridgehead atoms. The second-order valence-corrected chi connectivity index (χ2v) is 1.25. The summed E-state index contributed by atoms with van der Waals surface area (Å²) in [6.07, 6.45) is 1.66. The number of rotatable bonds is 0. The van der Waals surface area contributed by atoms with E-state index in [9.17, 15) is 0 Å². The number of nitrogens with two attached hydrogens (primary N) is 2. The van der Waals surface area contributed by atoms with Gasteiger partial charge in [0.25, 0.3) is 0 Å². The van der Waals surface area contributed by atoms with Gasteiger partial charge in [0.15, 0.2) is 0 Å². The highest BCUT2D eigenvalue weighted by Crippen LogP contribution is 1.89. The molecule has 9 heavy (non-hydrogen) atoms. The van der Waals surface area contributed by atoms with Crippen LogP contribution >= 0.6 is 0 Å². The summed E-state index contributed by atoms with van der Waals surface area (Å²) < 4.78 is 0. The first-order valence-corrected chi connectivity index (χ1v) is 2.29. The summed E-state index contributed by atoms with van der Waals surface area (Å²) in [7, 11) is 0. The highest BCUT2D eigenvalue weighted by Gasteiger charge is 1.73. The Morgan fingerprint density at radius 2 is 2.00 bits per heavy atom. The Morgan fingerprint density at radius 1 is 1.33 bits per heavy atom. The Balaban J connectivity index is 0.000000291. The van der Waals surface area contributed by atoms with E-state index in [1.165, 1.54) is 0 Å². The van der Waals surface area contributed by atoms with Crippen LogP contribution in [0.5, 0.6) is 0 Å². The molecule has 1 rings (SSSR count). The van der Waals surface area contributed by atoms with Crippen LogP contribution in [0.2, 0.25) is 0 Å². The van der Waals surface area contributed by atoms with E-state index in [1.807, 2.05) is 12.1 Å². The van der Waals surface area contributed by atoms with E-state index in [4.69, 9.17) is 10.9 Å². The van der Waals surface area contributed by atoms with Gasteiger partial charge >= 0.3 is 0 Å². The lowest BCUT2D eigenvalue weighted by Crippen LogP contribution is -1.85. The van der Waals surface area contributed by atoms with Crippen LogP contribution in [-0.2, 0) is 5.21 Å². The molecule has 49 valence electrons. The first-order chi connectivity index (χ1) is 4.39. The van der Waals surface area contributed by atoms with Gasteiger partial charge < -0.3 is 5.73 Å². The predicted molar refractivity (Wildman–Crippen MR) is 33.5 cm³/mol. The fraction of sp³-hybridized carbons (Fsp3) is 0. The molecule has 1 aromatic heterocycles. The highest BCUT2D eigenvalue weighted by molar-refractivity contribution is 5.25. The molecule has 0 atom stereocenters. The lowest BCUT2D eigenvalue weighted by molar-refractivity contribution is 0.201. The van der Waals surface area contributed by atoms with Crippen LogP contribution in [0.1, 0.15) is 0 Å². The second kappa shape index (κ2) is 5.02. The Hall–Kier alpha value is -1.13. The van der Waals surface area contributed by atoms with E-state index in [1.54, 1.807) is 12.3 Å². The molecule has 0 unspecified atom stereocenters. The maximum atomic E-state index is 7.75. The lowest BCUT2D eigenvalue weighted by Gasteiger charge is -1.82. The van der Waals surface area contributed by atoms with Gasteiger partial charge in [-0.1, -0.05) is 6.07 Å². The molecule has 0 saturated carbocycles. The molecule has 4 heteroatoms. The lowest BCUT2D eigenvalue weighted by atomic mass is 10.5. The van der Waals surface area contributed by atoms with E-state index < -0.39 is 0 Å². The summed E-state index contributed by atoms with van der Waals surface area (Å²) in [4.78, 5) is 3.76. The van der Waals surface area contributed by atoms with Gasteiger partial charge in [0.05, 0.1) is 0 Å². The zero-order chi connectivity index (χ0) is 7.11. The number of hydrogen-bond acceptors (Lipinski definition) is 3. The average Bonchev–Trinajstić information content (AvgIpc) is 1.94. The normalized spacial score (nSPS) is 7.33. The molecule has 0 fully saturated rings. The minimum atomic E-state index is 0.572. The third-order valence-electron chi connectivity index (χ3n) is 0.688. The van der Waals surface area contributed by atoms with Gasteiger partial charge in [0, 0.05) is 6.20 Å². The first-order valence-electron chi connectivity index (χ1n) is 2.29. The summed E-state index contributed by atoms with van der Waals surface area (Å²) in [5.74, 6) is 3.82. The molecule has 1 aromatic rings. The van der Waals surface area contributed by atoms with E-state index in [2.05, 4.69) is 10.9 Å². The van der Waals surface area contributed by atoms with Crippen LogP contribution in [-0.4, -0.2) is 4.98 Å². The fourth-order valence-corrected chi connectivity index (χ4v) is 0.376. The van der Waals surface area contributed by atoms with E-state index >= 15 is 0 Å². The molecule has 0 amide bonds. The van der Waals surface area contributed by atoms with Crippen LogP contribution in [0.4, 0.5) is 5.82 Å². The van der Waals surface area contributed by atoms with Crippen molar-refractivity contribution in [2.24, 2.45) is 5.90 Å². The third-order valence-corrected chi connectivity index (χ3v) is 0.688. The number of aromatic nitrogens is 1. The first kappa shape index (κ1) is 7.87. The average molecular weight is 126 g/mol. The maximum absolute atomic E-state index is 7.75. The number of nitrogen functional groups attached to an aromatic ring is 1. The Bertz CT molecular complexity index is 142. The van der Waals surface area contributed by atoms with Crippen LogP contribution in [0.3, 0.4) is 0 Å². The van der Waals surface area contributed by atoms with Crippen molar-refractivity contribution in [2.75, 3.05) is 5.73 Å². The summed E-state index contributed by atoms with van der Waals surface area (Å²) in [6, 6.07) is 5.43. The molecule has 4 N–H and O–H groups in total. The molecule has 0 aliphatic carbocycles. The van der Waals surface area contributed by atoms with Crippen LogP contribution in [0.15, 0.2) is 24.4 Å².